The molecule has 1 aromatic carbocycles. The van der Waals surface area contributed by atoms with Gasteiger partial charge in [-0.1, -0.05) is 28.0 Å². The molecule has 0 aliphatic rings. The van der Waals surface area contributed by atoms with E-state index in [0.29, 0.717) is 17.4 Å². The van der Waals surface area contributed by atoms with Crippen LogP contribution >= 0.6 is 27.7 Å². The number of hydrogen-bond donors (Lipinski definition) is 1. The van der Waals surface area contributed by atoms with E-state index < -0.39 is 0 Å². The molecule has 96 valence electrons. The molecule has 2 N–H and O–H groups in total. The van der Waals surface area contributed by atoms with E-state index in [2.05, 4.69) is 33.0 Å². The Morgan fingerprint density at radius 1 is 1.44 bits per heavy atom. The predicted octanol–water partition coefficient (Wildman–Crippen LogP) is 3.72. The molecular weight excluding hydrogens is 314 g/mol. The first-order valence-electron chi connectivity index (χ1n) is 5.66. The molecule has 0 saturated carbocycles. The van der Waals surface area contributed by atoms with Crippen molar-refractivity contribution in [1.82, 2.24) is 10.1 Å². The van der Waals surface area contributed by atoms with Crippen molar-refractivity contribution in [3.63, 3.8) is 0 Å². The lowest BCUT2D eigenvalue weighted by atomic mass is 10.2. The molecule has 0 aliphatic heterocycles. The Morgan fingerprint density at radius 2 is 2.28 bits per heavy atom. The standard InChI is InChI=1S/C12H14BrN3OS/c1-2-5-18-7-11-15-12(17-16-11)9-6-8(13)3-4-10(9)14/h3-4,6H,2,5,7,14H2,1H3. The van der Waals surface area contributed by atoms with Crippen LogP contribution in [0, 0.1) is 0 Å². The Balaban J connectivity index is 2.16. The first-order chi connectivity index (χ1) is 8.70. The summed E-state index contributed by atoms with van der Waals surface area (Å²) in [7, 11) is 0. The van der Waals surface area contributed by atoms with Gasteiger partial charge in [-0.25, -0.2) is 0 Å². The summed E-state index contributed by atoms with van der Waals surface area (Å²) in [6.07, 6.45) is 1.15. The molecular formula is C12H14BrN3OS. The molecule has 18 heavy (non-hydrogen) atoms. The van der Waals surface area contributed by atoms with Crippen molar-refractivity contribution in [2.24, 2.45) is 0 Å². The molecule has 0 fully saturated rings. The maximum atomic E-state index is 5.90. The zero-order valence-corrected chi connectivity index (χ0v) is 12.4. The molecule has 4 nitrogen and oxygen atoms in total. The quantitative estimate of drug-likeness (QED) is 0.669. The van der Waals surface area contributed by atoms with Crippen molar-refractivity contribution in [3.05, 3.63) is 28.5 Å². The summed E-state index contributed by atoms with van der Waals surface area (Å²) in [5, 5.41) is 3.96. The molecule has 0 spiro atoms. The van der Waals surface area contributed by atoms with E-state index >= 15 is 0 Å². The van der Waals surface area contributed by atoms with Crippen LogP contribution in [0.5, 0.6) is 0 Å². The molecule has 0 aliphatic carbocycles. The Bertz CT molecular complexity index is 530. The molecule has 0 amide bonds. The normalized spacial score (nSPS) is 10.8. The summed E-state index contributed by atoms with van der Waals surface area (Å²) in [6, 6.07) is 5.58. The monoisotopic (exact) mass is 327 g/mol. The number of halogens is 1. The van der Waals surface area contributed by atoms with Crippen LogP contribution in [0.15, 0.2) is 27.2 Å². The lowest BCUT2D eigenvalue weighted by molar-refractivity contribution is 0.425. The molecule has 0 unspecified atom stereocenters. The van der Waals surface area contributed by atoms with E-state index in [0.717, 1.165) is 28.0 Å². The van der Waals surface area contributed by atoms with Crippen LogP contribution < -0.4 is 5.73 Å². The van der Waals surface area contributed by atoms with Crippen molar-refractivity contribution in [2.75, 3.05) is 11.5 Å². The van der Waals surface area contributed by atoms with E-state index in [-0.39, 0.29) is 0 Å². The van der Waals surface area contributed by atoms with Gasteiger partial charge in [-0.15, -0.1) is 0 Å². The van der Waals surface area contributed by atoms with Crippen LogP contribution in [0.25, 0.3) is 11.5 Å². The van der Waals surface area contributed by atoms with Crippen molar-refractivity contribution in [3.8, 4) is 11.5 Å². The lowest BCUT2D eigenvalue weighted by Crippen LogP contribution is -1.90. The highest BCUT2D eigenvalue weighted by Gasteiger charge is 2.12. The van der Waals surface area contributed by atoms with Crippen LogP contribution in [-0.4, -0.2) is 15.9 Å². The molecule has 0 bridgehead atoms. The number of anilines is 1. The molecule has 1 heterocycles. The van der Waals surface area contributed by atoms with Gasteiger partial charge in [-0.05, 0) is 30.4 Å². The van der Waals surface area contributed by atoms with Gasteiger partial charge in [0.2, 0.25) is 0 Å². The number of nitrogens with two attached hydrogens (primary N) is 1. The molecule has 2 aromatic rings. The fourth-order valence-corrected chi connectivity index (χ4v) is 2.54. The van der Waals surface area contributed by atoms with E-state index in [1.54, 1.807) is 11.8 Å². The largest absolute Gasteiger partial charge is 0.398 e. The molecule has 0 radical (unpaired) electrons. The van der Waals surface area contributed by atoms with Gasteiger partial charge in [-0.3, -0.25) is 0 Å². The average molecular weight is 328 g/mol. The lowest BCUT2D eigenvalue weighted by Gasteiger charge is -2.00. The smallest absolute Gasteiger partial charge is 0.260 e. The minimum Gasteiger partial charge on any atom is -0.398 e. The van der Waals surface area contributed by atoms with Gasteiger partial charge in [0.1, 0.15) is 0 Å². The highest BCUT2D eigenvalue weighted by Crippen LogP contribution is 2.28. The zero-order chi connectivity index (χ0) is 13.0. The third-order valence-electron chi connectivity index (χ3n) is 2.29. The van der Waals surface area contributed by atoms with E-state index in [4.69, 9.17) is 10.3 Å². The Morgan fingerprint density at radius 3 is 3.06 bits per heavy atom. The average Bonchev–Trinajstić information content (AvgIpc) is 2.81. The minimum atomic E-state index is 0.473. The first kappa shape index (κ1) is 13.4. The van der Waals surface area contributed by atoms with Gasteiger partial charge in [-0.2, -0.15) is 16.7 Å². The topological polar surface area (TPSA) is 64.9 Å². The fourth-order valence-electron chi connectivity index (χ4n) is 1.44. The zero-order valence-electron chi connectivity index (χ0n) is 10.0. The second kappa shape index (κ2) is 6.24. The van der Waals surface area contributed by atoms with Crippen LogP contribution in [0.3, 0.4) is 0 Å². The van der Waals surface area contributed by atoms with Crippen LogP contribution in [0.2, 0.25) is 0 Å². The summed E-state index contributed by atoms with van der Waals surface area (Å²) in [5.74, 6) is 3.05. The number of nitrogens with zero attached hydrogens (tertiary/aromatic N) is 2. The van der Waals surface area contributed by atoms with Gasteiger partial charge < -0.3 is 10.3 Å². The third kappa shape index (κ3) is 3.26. The van der Waals surface area contributed by atoms with Crippen molar-refractivity contribution < 1.29 is 4.52 Å². The van der Waals surface area contributed by atoms with Gasteiger partial charge in [0.25, 0.3) is 5.89 Å². The number of benzene rings is 1. The second-order valence-electron chi connectivity index (χ2n) is 3.80. The fraction of sp³-hybridized carbons (Fsp3) is 0.333. The second-order valence-corrected chi connectivity index (χ2v) is 5.82. The molecule has 1 aromatic heterocycles. The molecule has 0 saturated heterocycles. The molecule has 0 atom stereocenters. The maximum Gasteiger partial charge on any atom is 0.260 e. The van der Waals surface area contributed by atoms with Crippen molar-refractivity contribution in [1.29, 1.82) is 0 Å². The Kier molecular flexibility index (Phi) is 4.66. The van der Waals surface area contributed by atoms with E-state index in [1.165, 1.54) is 0 Å². The SMILES string of the molecule is CCCSCc1noc(-c2cc(Br)ccc2N)n1. The maximum absolute atomic E-state index is 5.90. The van der Waals surface area contributed by atoms with Gasteiger partial charge in [0.15, 0.2) is 5.82 Å². The Labute approximate surface area is 118 Å². The number of aromatic nitrogens is 2. The summed E-state index contributed by atoms with van der Waals surface area (Å²) in [4.78, 5) is 4.35. The van der Waals surface area contributed by atoms with Crippen molar-refractivity contribution in [2.45, 2.75) is 19.1 Å². The predicted molar refractivity (Wildman–Crippen MR) is 78.3 cm³/mol. The highest BCUT2D eigenvalue weighted by atomic mass is 79.9. The summed E-state index contributed by atoms with van der Waals surface area (Å²) < 4.78 is 6.18. The number of thioether (sulfide) groups is 1. The molecule has 2 rings (SSSR count). The van der Waals surface area contributed by atoms with Crippen molar-refractivity contribution >= 4 is 33.4 Å². The van der Waals surface area contributed by atoms with Crippen LogP contribution in [-0.2, 0) is 5.75 Å². The summed E-state index contributed by atoms with van der Waals surface area (Å²) in [6.45, 7) is 2.15. The van der Waals surface area contributed by atoms with Gasteiger partial charge >= 0.3 is 0 Å². The third-order valence-corrected chi connectivity index (χ3v) is 3.95. The number of hydrogen-bond acceptors (Lipinski definition) is 5. The Hall–Kier alpha value is -1.01. The van der Waals surface area contributed by atoms with Crippen LogP contribution in [0.4, 0.5) is 5.69 Å². The van der Waals surface area contributed by atoms with Gasteiger partial charge in [0.05, 0.1) is 11.3 Å². The van der Waals surface area contributed by atoms with E-state index in [9.17, 15) is 0 Å². The number of nitrogen functional groups attached to an aromatic ring is 1. The number of rotatable bonds is 5. The van der Waals surface area contributed by atoms with Gasteiger partial charge in [0, 0.05) is 10.2 Å². The van der Waals surface area contributed by atoms with Crippen LogP contribution in [0.1, 0.15) is 19.2 Å². The minimum absolute atomic E-state index is 0.473. The first-order valence-corrected chi connectivity index (χ1v) is 7.61. The molecule has 6 heteroatoms. The highest BCUT2D eigenvalue weighted by molar-refractivity contribution is 9.10. The summed E-state index contributed by atoms with van der Waals surface area (Å²) >= 11 is 5.20. The van der Waals surface area contributed by atoms with E-state index in [1.807, 2.05) is 18.2 Å². The summed E-state index contributed by atoms with van der Waals surface area (Å²) in [5.41, 5.74) is 7.30.